The van der Waals surface area contributed by atoms with E-state index in [1.165, 1.54) is 18.2 Å². The summed E-state index contributed by atoms with van der Waals surface area (Å²) in [4.78, 5) is 36.1. The molecule has 26 heavy (non-hydrogen) atoms. The molecular weight excluding hydrogens is 424 g/mol. The van der Waals surface area contributed by atoms with Gasteiger partial charge in [-0.2, -0.15) is 0 Å². The average molecular weight is 435 g/mol. The van der Waals surface area contributed by atoms with Crippen LogP contribution in [-0.2, 0) is 11.3 Å². The molecular formula is C17H11BrN2O5S. The van der Waals surface area contributed by atoms with Gasteiger partial charge in [-0.25, -0.2) is 0 Å². The van der Waals surface area contributed by atoms with Crippen LogP contribution in [0.2, 0.25) is 0 Å². The molecule has 0 radical (unpaired) electrons. The van der Waals surface area contributed by atoms with Crippen LogP contribution >= 0.6 is 27.7 Å². The van der Waals surface area contributed by atoms with Crippen molar-refractivity contribution < 1.29 is 19.6 Å². The molecule has 1 aliphatic heterocycles. The maximum Gasteiger partial charge on any atom is 0.311 e. The number of imide groups is 1. The number of nitro benzene ring substituents is 1. The smallest absolute Gasteiger partial charge is 0.311 e. The minimum atomic E-state index is -0.716. The Morgan fingerprint density at radius 1 is 1.19 bits per heavy atom. The Balaban J connectivity index is 1.84. The van der Waals surface area contributed by atoms with Crippen molar-refractivity contribution in [1.29, 1.82) is 0 Å². The molecule has 1 aliphatic rings. The Morgan fingerprint density at radius 2 is 1.88 bits per heavy atom. The Morgan fingerprint density at radius 3 is 2.54 bits per heavy atom. The van der Waals surface area contributed by atoms with Crippen LogP contribution in [0.4, 0.5) is 10.5 Å². The SMILES string of the molecule is O=C1S/C(=C\c2ccc(O)c([N+](=O)[O-])c2)C(=O)N1Cc1ccc(Br)cc1. The molecule has 0 aliphatic carbocycles. The summed E-state index contributed by atoms with van der Waals surface area (Å²) in [6.07, 6.45) is 1.40. The van der Waals surface area contributed by atoms with Crippen LogP contribution in [0.15, 0.2) is 51.8 Å². The lowest BCUT2D eigenvalue weighted by Gasteiger charge is -2.12. The minimum absolute atomic E-state index is 0.144. The van der Waals surface area contributed by atoms with Crippen LogP contribution in [0.3, 0.4) is 0 Å². The van der Waals surface area contributed by atoms with Crippen LogP contribution in [0.5, 0.6) is 5.75 Å². The third kappa shape index (κ3) is 3.78. The normalized spacial score (nSPS) is 15.7. The molecule has 0 bridgehead atoms. The van der Waals surface area contributed by atoms with Crippen molar-refractivity contribution in [2.75, 3.05) is 0 Å². The van der Waals surface area contributed by atoms with Gasteiger partial charge in [0.15, 0.2) is 5.75 Å². The predicted molar refractivity (Wildman–Crippen MR) is 100 cm³/mol. The summed E-state index contributed by atoms with van der Waals surface area (Å²) in [6.45, 7) is 0.144. The van der Waals surface area contributed by atoms with Crippen LogP contribution in [0.1, 0.15) is 11.1 Å². The maximum absolute atomic E-state index is 12.5. The number of carbonyl (C=O) groups excluding carboxylic acids is 2. The van der Waals surface area contributed by atoms with E-state index in [2.05, 4.69) is 15.9 Å². The number of phenols is 1. The van der Waals surface area contributed by atoms with Gasteiger partial charge in [-0.3, -0.25) is 24.6 Å². The number of rotatable bonds is 4. The number of thioether (sulfide) groups is 1. The van der Waals surface area contributed by atoms with E-state index < -0.39 is 27.5 Å². The summed E-state index contributed by atoms with van der Waals surface area (Å²) >= 11 is 4.10. The molecule has 0 aromatic heterocycles. The van der Waals surface area contributed by atoms with Crippen molar-refractivity contribution in [1.82, 2.24) is 4.90 Å². The van der Waals surface area contributed by atoms with Gasteiger partial charge in [0.2, 0.25) is 0 Å². The second kappa shape index (κ2) is 7.30. The molecule has 1 N–H and O–H groups in total. The van der Waals surface area contributed by atoms with Gasteiger partial charge in [0.25, 0.3) is 11.1 Å². The zero-order valence-corrected chi connectivity index (χ0v) is 15.5. The van der Waals surface area contributed by atoms with E-state index in [-0.39, 0.29) is 11.4 Å². The van der Waals surface area contributed by atoms with Crippen LogP contribution in [-0.4, -0.2) is 26.1 Å². The third-order valence-corrected chi connectivity index (χ3v) is 5.06. The fourth-order valence-electron chi connectivity index (χ4n) is 2.34. The van der Waals surface area contributed by atoms with Crippen LogP contribution < -0.4 is 0 Å². The highest BCUT2D eigenvalue weighted by Crippen LogP contribution is 2.35. The first-order valence-electron chi connectivity index (χ1n) is 7.32. The first-order chi connectivity index (χ1) is 12.3. The number of nitro groups is 1. The van der Waals surface area contributed by atoms with Gasteiger partial charge >= 0.3 is 5.69 Å². The Labute approximate surface area is 160 Å². The molecule has 0 unspecified atom stereocenters. The predicted octanol–water partition coefficient (Wildman–Crippen LogP) is 4.30. The molecule has 2 aromatic carbocycles. The minimum Gasteiger partial charge on any atom is -0.502 e. The summed E-state index contributed by atoms with van der Waals surface area (Å²) in [5.41, 5.74) is 0.688. The first kappa shape index (κ1) is 18.2. The molecule has 132 valence electrons. The highest BCUT2D eigenvalue weighted by atomic mass is 79.9. The Kier molecular flexibility index (Phi) is 5.10. The number of phenolic OH excluding ortho intramolecular Hbond substituents is 1. The fourth-order valence-corrected chi connectivity index (χ4v) is 3.44. The van der Waals surface area contributed by atoms with E-state index >= 15 is 0 Å². The second-order valence-electron chi connectivity index (χ2n) is 5.40. The molecule has 2 amide bonds. The summed E-state index contributed by atoms with van der Waals surface area (Å²) in [7, 11) is 0. The maximum atomic E-state index is 12.5. The van der Waals surface area contributed by atoms with Crippen molar-refractivity contribution in [2.45, 2.75) is 6.54 Å². The highest BCUT2D eigenvalue weighted by Gasteiger charge is 2.35. The van der Waals surface area contributed by atoms with Gasteiger partial charge in [-0.1, -0.05) is 34.1 Å². The molecule has 0 saturated carbocycles. The van der Waals surface area contributed by atoms with Gasteiger partial charge in [-0.05, 0) is 47.2 Å². The summed E-state index contributed by atoms with van der Waals surface area (Å²) < 4.78 is 0.893. The Bertz CT molecular complexity index is 943. The molecule has 1 heterocycles. The largest absolute Gasteiger partial charge is 0.502 e. The third-order valence-electron chi connectivity index (χ3n) is 3.62. The Hall–Kier alpha value is -2.65. The quantitative estimate of drug-likeness (QED) is 0.437. The highest BCUT2D eigenvalue weighted by molar-refractivity contribution is 9.10. The van der Waals surface area contributed by atoms with Crippen LogP contribution in [0.25, 0.3) is 6.08 Å². The number of amides is 2. The van der Waals surface area contributed by atoms with Crippen molar-refractivity contribution in [3.8, 4) is 5.75 Å². The molecule has 0 atom stereocenters. The number of aromatic hydroxyl groups is 1. The molecule has 0 spiro atoms. The summed E-state index contributed by atoms with van der Waals surface area (Å²) in [5.74, 6) is -0.922. The monoisotopic (exact) mass is 434 g/mol. The van der Waals surface area contributed by atoms with Crippen LogP contribution in [0, 0.1) is 10.1 Å². The number of carbonyl (C=O) groups is 2. The van der Waals surface area contributed by atoms with E-state index in [0.717, 1.165) is 32.8 Å². The zero-order chi connectivity index (χ0) is 18.8. The lowest BCUT2D eigenvalue weighted by Crippen LogP contribution is -2.27. The molecule has 7 nitrogen and oxygen atoms in total. The van der Waals surface area contributed by atoms with E-state index in [9.17, 15) is 24.8 Å². The molecule has 1 saturated heterocycles. The molecule has 1 fully saturated rings. The average Bonchev–Trinajstić information content (AvgIpc) is 2.85. The van der Waals surface area contributed by atoms with E-state index in [1.807, 2.05) is 12.1 Å². The van der Waals surface area contributed by atoms with Crippen molar-refractivity contribution >= 4 is 50.6 Å². The first-order valence-corrected chi connectivity index (χ1v) is 8.93. The van der Waals surface area contributed by atoms with E-state index in [0.29, 0.717) is 5.56 Å². The fraction of sp³-hybridized carbons (Fsp3) is 0.0588. The van der Waals surface area contributed by atoms with Gasteiger partial charge in [0.05, 0.1) is 16.4 Å². The standard InChI is InChI=1S/C17H11BrN2O5S/c18-12-4-1-10(2-5-12)9-19-16(22)15(26-17(19)23)8-11-3-6-14(21)13(7-11)20(24)25/h1-8,21H,9H2/b15-8-. The number of hydrogen-bond acceptors (Lipinski definition) is 6. The van der Waals surface area contributed by atoms with Gasteiger partial charge < -0.3 is 5.11 Å². The van der Waals surface area contributed by atoms with E-state index in [1.54, 1.807) is 12.1 Å². The summed E-state index contributed by atoms with van der Waals surface area (Å²) in [5, 5.41) is 20.0. The van der Waals surface area contributed by atoms with Gasteiger partial charge in [0.1, 0.15) is 0 Å². The number of benzene rings is 2. The number of nitrogens with zero attached hydrogens (tertiary/aromatic N) is 2. The molecule has 2 aromatic rings. The summed E-state index contributed by atoms with van der Waals surface area (Å²) in [6, 6.07) is 11.0. The van der Waals surface area contributed by atoms with Crippen molar-refractivity contribution in [3.63, 3.8) is 0 Å². The lowest BCUT2D eigenvalue weighted by molar-refractivity contribution is -0.385. The number of halogens is 1. The zero-order valence-electron chi connectivity index (χ0n) is 13.1. The molecule has 9 heteroatoms. The lowest BCUT2D eigenvalue weighted by atomic mass is 10.1. The number of hydrogen-bond donors (Lipinski definition) is 1. The van der Waals surface area contributed by atoms with E-state index in [4.69, 9.17) is 0 Å². The topological polar surface area (TPSA) is 101 Å². The van der Waals surface area contributed by atoms with Crippen molar-refractivity contribution in [3.05, 3.63) is 73.1 Å². The van der Waals surface area contributed by atoms with Gasteiger partial charge in [0, 0.05) is 10.5 Å². The molecule has 3 rings (SSSR count). The second-order valence-corrected chi connectivity index (χ2v) is 7.31. The van der Waals surface area contributed by atoms with Gasteiger partial charge in [-0.15, -0.1) is 0 Å². The van der Waals surface area contributed by atoms with Crippen molar-refractivity contribution in [2.24, 2.45) is 0 Å².